The Hall–Kier alpha value is -0.795. The number of aryl methyl sites for hydroxylation is 1. The molecule has 0 bridgehead atoms. The zero-order chi connectivity index (χ0) is 8.55. The van der Waals surface area contributed by atoms with E-state index < -0.39 is 7.12 Å². The average molecular weight is 162 g/mol. The van der Waals surface area contributed by atoms with E-state index in [1.165, 1.54) is 5.56 Å². The minimum atomic E-state index is -0.702. The highest BCUT2D eigenvalue weighted by atomic mass is 16.5. The van der Waals surface area contributed by atoms with E-state index in [0.717, 1.165) is 17.4 Å². The molecule has 0 saturated heterocycles. The van der Waals surface area contributed by atoms with Gasteiger partial charge in [-0.05, 0) is 23.0 Å². The molecule has 1 N–H and O–H groups in total. The summed E-state index contributed by atoms with van der Waals surface area (Å²) in [6.45, 7) is 2.64. The highest BCUT2D eigenvalue weighted by Gasteiger charge is 2.26. The molecule has 0 fully saturated rings. The molecule has 1 aliphatic heterocycles. The van der Waals surface area contributed by atoms with Crippen LogP contribution in [0.3, 0.4) is 0 Å². The second-order valence-electron chi connectivity index (χ2n) is 3.05. The van der Waals surface area contributed by atoms with Gasteiger partial charge >= 0.3 is 7.12 Å². The lowest BCUT2D eigenvalue weighted by Crippen LogP contribution is -2.28. The van der Waals surface area contributed by atoms with Crippen molar-refractivity contribution in [1.82, 2.24) is 0 Å². The second kappa shape index (κ2) is 2.92. The SMILES string of the molecule is CCc1ccc2c(c1)B(O)OC2. The first-order valence-corrected chi connectivity index (χ1v) is 4.22. The van der Waals surface area contributed by atoms with Crippen LogP contribution in [-0.4, -0.2) is 12.1 Å². The maximum absolute atomic E-state index is 9.38. The lowest BCUT2D eigenvalue weighted by molar-refractivity contribution is 0.275. The normalized spacial score (nSPS) is 15.0. The number of fused-ring (bicyclic) bond motifs is 1. The van der Waals surface area contributed by atoms with Crippen molar-refractivity contribution in [2.24, 2.45) is 0 Å². The fourth-order valence-electron chi connectivity index (χ4n) is 1.48. The molecule has 0 atom stereocenters. The van der Waals surface area contributed by atoms with Crippen molar-refractivity contribution in [2.45, 2.75) is 20.0 Å². The smallest absolute Gasteiger partial charge is 0.423 e. The molecule has 1 heterocycles. The lowest BCUT2D eigenvalue weighted by Gasteiger charge is -2.00. The van der Waals surface area contributed by atoms with E-state index in [-0.39, 0.29) is 0 Å². The monoisotopic (exact) mass is 162 g/mol. The standard InChI is InChI=1S/C9H11BO2/c1-2-7-3-4-8-6-12-10(11)9(8)5-7/h3-5,11H,2,6H2,1H3. The van der Waals surface area contributed by atoms with Crippen LogP contribution in [0.15, 0.2) is 18.2 Å². The lowest BCUT2D eigenvalue weighted by atomic mass is 9.78. The highest BCUT2D eigenvalue weighted by Crippen LogP contribution is 2.11. The van der Waals surface area contributed by atoms with Gasteiger partial charge in [-0.3, -0.25) is 0 Å². The third kappa shape index (κ3) is 1.15. The molecule has 1 aromatic carbocycles. The molecule has 2 rings (SSSR count). The van der Waals surface area contributed by atoms with Crippen molar-refractivity contribution < 1.29 is 9.68 Å². The summed E-state index contributed by atoms with van der Waals surface area (Å²) in [5.74, 6) is 0. The van der Waals surface area contributed by atoms with Crippen molar-refractivity contribution in [2.75, 3.05) is 0 Å². The summed E-state index contributed by atoms with van der Waals surface area (Å²) in [7, 11) is -0.702. The zero-order valence-electron chi connectivity index (χ0n) is 7.08. The van der Waals surface area contributed by atoms with Crippen LogP contribution in [0, 0.1) is 0 Å². The minimum Gasteiger partial charge on any atom is -0.423 e. The van der Waals surface area contributed by atoms with Gasteiger partial charge in [-0.25, -0.2) is 0 Å². The van der Waals surface area contributed by atoms with Gasteiger partial charge in [0.05, 0.1) is 6.61 Å². The average Bonchev–Trinajstić information content (AvgIpc) is 2.47. The van der Waals surface area contributed by atoms with Gasteiger partial charge in [0.2, 0.25) is 0 Å². The maximum atomic E-state index is 9.38. The Bertz CT molecular complexity index is 299. The zero-order valence-corrected chi connectivity index (χ0v) is 7.08. The number of hydrogen-bond donors (Lipinski definition) is 1. The van der Waals surface area contributed by atoms with Gasteiger partial charge in [0, 0.05) is 0 Å². The molecule has 1 aromatic rings. The topological polar surface area (TPSA) is 29.5 Å². The first-order valence-electron chi connectivity index (χ1n) is 4.22. The molecular formula is C9H11BO2. The van der Waals surface area contributed by atoms with Crippen LogP contribution in [-0.2, 0) is 17.7 Å². The molecular weight excluding hydrogens is 151 g/mol. The van der Waals surface area contributed by atoms with Crippen LogP contribution in [0.25, 0.3) is 0 Å². The van der Waals surface area contributed by atoms with Gasteiger partial charge < -0.3 is 9.68 Å². The summed E-state index contributed by atoms with van der Waals surface area (Å²) >= 11 is 0. The maximum Gasteiger partial charge on any atom is 0.491 e. The molecule has 3 heteroatoms. The van der Waals surface area contributed by atoms with Crippen LogP contribution >= 0.6 is 0 Å². The number of hydrogen-bond acceptors (Lipinski definition) is 2. The van der Waals surface area contributed by atoms with Crippen LogP contribution in [0.5, 0.6) is 0 Å². The predicted molar refractivity (Wildman–Crippen MR) is 48.2 cm³/mol. The second-order valence-corrected chi connectivity index (χ2v) is 3.05. The first-order chi connectivity index (χ1) is 5.81. The quantitative estimate of drug-likeness (QED) is 0.608. The molecule has 0 aliphatic carbocycles. The molecule has 12 heavy (non-hydrogen) atoms. The Kier molecular flexibility index (Phi) is 1.91. The molecule has 62 valence electrons. The summed E-state index contributed by atoms with van der Waals surface area (Å²) in [5.41, 5.74) is 3.30. The fourth-order valence-corrected chi connectivity index (χ4v) is 1.48. The summed E-state index contributed by atoms with van der Waals surface area (Å²) in [6.07, 6.45) is 1.00. The number of rotatable bonds is 1. The van der Waals surface area contributed by atoms with E-state index in [4.69, 9.17) is 4.65 Å². The molecule has 0 spiro atoms. The van der Waals surface area contributed by atoms with Gasteiger partial charge in [-0.2, -0.15) is 0 Å². The minimum absolute atomic E-state index is 0.542. The van der Waals surface area contributed by atoms with E-state index in [1.54, 1.807) is 0 Å². The van der Waals surface area contributed by atoms with Crippen molar-refractivity contribution in [1.29, 1.82) is 0 Å². The Morgan fingerprint density at radius 3 is 3.17 bits per heavy atom. The van der Waals surface area contributed by atoms with Gasteiger partial charge in [0.25, 0.3) is 0 Å². The summed E-state index contributed by atoms with van der Waals surface area (Å²) in [4.78, 5) is 0. The van der Waals surface area contributed by atoms with Gasteiger partial charge in [0.15, 0.2) is 0 Å². The molecule has 0 radical (unpaired) electrons. The Balaban J connectivity index is 2.43. The summed E-state index contributed by atoms with van der Waals surface area (Å²) in [6, 6.07) is 6.14. The third-order valence-corrected chi connectivity index (χ3v) is 2.28. The molecule has 0 saturated carbocycles. The van der Waals surface area contributed by atoms with Crippen molar-refractivity contribution in [3.8, 4) is 0 Å². The number of benzene rings is 1. The van der Waals surface area contributed by atoms with Crippen LogP contribution in [0.4, 0.5) is 0 Å². The predicted octanol–water partition coefficient (Wildman–Crippen LogP) is 0.467. The Morgan fingerprint density at radius 2 is 2.42 bits per heavy atom. The fraction of sp³-hybridized carbons (Fsp3) is 0.333. The Labute approximate surface area is 72.3 Å². The van der Waals surface area contributed by atoms with Gasteiger partial charge in [0.1, 0.15) is 0 Å². The molecule has 0 aromatic heterocycles. The molecule has 0 amide bonds. The van der Waals surface area contributed by atoms with Crippen LogP contribution in [0.1, 0.15) is 18.1 Å². The van der Waals surface area contributed by atoms with E-state index in [9.17, 15) is 5.02 Å². The molecule has 1 aliphatic rings. The highest BCUT2D eigenvalue weighted by molar-refractivity contribution is 6.61. The van der Waals surface area contributed by atoms with Crippen LogP contribution in [0.2, 0.25) is 0 Å². The Morgan fingerprint density at radius 1 is 1.58 bits per heavy atom. The van der Waals surface area contributed by atoms with Crippen LogP contribution < -0.4 is 5.46 Å². The van der Waals surface area contributed by atoms with E-state index in [0.29, 0.717) is 6.61 Å². The van der Waals surface area contributed by atoms with E-state index >= 15 is 0 Å². The first kappa shape index (κ1) is 7.83. The van der Waals surface area contributed by atoms with Crippen molar-refractivity contribution in [3.63, 3.8) is 0 Å². The summed E-state index contributed by atoms with van der Waals surface area (Å²) in [5, 5.41) is 9.38. The van der Waals surface area contributed by atoms with Gasteiger partial charge in [-0.1, -0.05) is 25.1 Å². The van der Waals surface area contributed by atoms with Crippen molar-refractivity contribution >= 4 is 12.6 Å². The summed E-state index contributed by atoms with van der Waals surface area (Å²) < 4.78 is 5.08. The van der Waals surface area contributed by atoms with Gasteiger partial charge in [-0.15, -0.1) is 0 Å². The molecule has 0 unspecified atom stereocenters. The van der Waals surface area contributed by atoms with E-state index in [1.807, 2.05) is 12.1 Å². The van der Waals surface area contributed by atoms with E-state index in [2.05, 4.69) is 13.0 Å². The third-order valence-electron chi connectivity index (χ3n) is 2.28. The largest absolute Gasteiger partial charge is 0.491 e. The molecule has 2 nitrogen and oxygen atoms in total. The van der Waals surface area contributed by atoms with Crippen molar-refractivity contribution in [3.05, 3.63) is 29.3 Å².